The van der Waals surface area contributed by atoms with E-state index in [9.17, 15) is 0 Å². The Kier molecular flexibility index (Phi) is 23.5. The van der Waals surface area contributed by atoms with Crippen LogP contribution in [-0.2, 0) is 0 Å². The molecule has 0 aliphatic rings. The topological polar surface area (TPSA) is 13.0 Å². The third-order valence-corrected chi connectivity index (χ3v) is 27.6. The lowest BCUT2D eigenvalue weighted by molar-refractivity contribution is 1.25. The molecule has 0 amide bonds. The van der Waals surface area contributed by atoms with Crippen molar-refractivity contribution in [2.24, 2.45) is 0 Å². The molecule has 25 aromatic carbocycles. The van der Waals surface area contributed by atoms with E-state index in [0.717, 1.165) is 79.4 Å². The molecule has 142 heavy (non-hydrogen) atoms. The summed E-state index contributed by atoms with van der Waals surface area (Å²) < 4.78 is 0. The summed E-state index contributed by atoms with van der Waals surface area (Å²) in [5.41, 5.74) is 33.8. The second-order valence-electron chi connectivity index (χ2n) is 36.2. The fraction of sp³-hybridized carbons (Fsp3) is 0. The highest BCUT2D eigenvalue weighted by atomic mass is 15.2. The molecule has 0 spiro atoms. The van der Waals surface area contributed by atoms with Crippen molar-refractivity contribution in [3.8, 4) is 100 Å². The first-order valence-corrected chi connectivity index (χ1v) is 48.7. The van der Waals surface area contributed by atoms with Gasteiger partial charge in [0.25, 0.3) is 0 Å². The molecular weight excluding hydrogens is 1710 g/mol. The molecule has 0 N–H and O–H groups in total. The second kappa shape index (κ2) is 38.8. The van der Waals surface area contributed by atoms with Crippen LogP contribution in [0.3, 0.4) is 0 Å². The van der Waals surface area contributed by atoms with Crippen LogP contribution in [0.15, 0.2) is 582 Å². The van der Waals surface area contributed by atoms with E-state index >= 15 is 0 Å². The molecule has 668 valence electrons. The maximum atomic E-state index is 2.45. The Labute approximate surface area is 829 Å². The molecule has 0 atom stereocenters. The van der Waals surface area contributed by atoms with Crippen LogP contribution in [0.2, 0.25) is 0 Å². The molecule has 0 unspecified atom stereocenters. The van der Waals surface area contributed by atoms with Crippen LogP contribution in [0, 0.1) is 0 Å². The summed E-state index contributed by atoms with van der Waals surface area (Å²) in [6.07, 6.45) is 0. The largest absolute Gasteiger partial charge is 0.310 e. The molecule has 0 saturated carbocycles. The molecule has 25 rings (SSSR count). The predicted octanol–water partition coefficient (Wildman–Crippen LogP) is 39.2. The van der Waals surface area contributed by atoms with Gasteiger partial charge < -0.3 is 19.6 Å². The van der Waals surface area contributed by atoms with Crippen molar-refractivity contribution < 1.29 is 0 Å². The molecule has 0 heterocycles. The monoisotopic (exact) mass is 1810 g/mol. The lowest BCUT2D eigenvalue weighted by Gasteiger charge is -2.31. The first-order chi connectivity index (χ1) is 70.4. The van der Waals surface area contributed by atoms with Gasteiger partial charge in [-0.15, -0.1) is 0 Å². The van der Waals surface area contributed by atoms with Gasteiger partial charge in [0.2, 0.25) is 0 Å². The van der Waals surface area contributed by atoms with Gasteiger partial charge in [0.05, 0.1) is 5.69 Å². The Hall–Kier alpha value is -18.7. The van der Waals surface area contributed by atoms with Gasteiger partial charge in [-0.1, -0.05) is 443 Å². The van der Waals surface area contributed by atoms with Crippen LogP contribution in [0.1, 0.15) is 0 Å². The van der Waals surface area contributed by atoms with E-state index in [4.69, 9.17) is 0 Å². The Morgan fingerprint density at radius 1 is 0.0915 bits per heavy atom. The smallest absolute Gasteiger partial charge is 0.0540 e. The van der Waals surface area contributed by atoms with Crippen LogP contribution in [-0.4, -0.2) is 0 Å². The molecule has 0 fully saturated rings. The van der Waals surface area contributed by atoms with E-state index in [2.05, 4.69) is 602 Å². The third-order valence-electron chi connectivity index (χ3n) is 27.6. The van der Waals surface area contributed by atoms with E-state index < -0.39 is 0 Å². The molecule has 0 aliphatic carbocycles. The molecule has 0 saturated heterocycles. The van der Waals surface area contributed by atoms with E-state index in [1.165, 1.54) is 154 Å². The number of anilines is 12. The Morgan fingerprint density at radius 2 is 0.303 bits per heavy atom. The summed E-state index contributed by atoms with van der Waals surface area (Å²) in [5.74, 6) is 0. The van der Waals surface area contributed by atoms with Crippen molar-refractivity contribution in [3.05, 3.63) is 582 Å². The standard InChI is InChI=1S/C72H50N2.C66H46N2/c1-4-17-51(18-5-1)54-31-39-61(40-32-54)73(62-41-33-55(34-42-62)52-19-6-2-7-20-52)65-47-60(72-49-59-24-11-13-27-69(59)70-28-14-15-29-71(70)72)48-66(50-65)74(63-43-35-56(36-44-63)53-21-8-3-9-22-53)64-45-37-58(38-46-64)68-30-16-25-57-23-10-12-26-67(57)68;1-4-17-47(18-5-1)50-31-37-56(38-32-50)67(57-39-33-51(34-40-57)48-19-6-2-7-20-48)59-43-55(65-45-54-24-11-12-26-61(54)63-28-14-15-29-64(63)65)44-60(46-59)68(66-30-16-25-53-23-10-13-27-62(53)66)58-41-35-52(36-42-58)49-21-8-3-9-22-49/h1-50H;1-46H. The number of nitrogens with zero attached hydrogens (tertiary/aromatic N) is 4. The van der Waals surface area contributed by atoms with Crippen molar-refractivity contribution in [1.29, 1.82) is 0 Å². The van der Waals surface area contributed by atoms with Crippen molar-refractivity contribution >= 4 is 133 Å². The first-order valence-electron chi connectivity index (χ1n) is 48.7. The zero-order valence-corrected chi connectivity index (χ0v) is 78.2. The first kappa shape index (κ1) is 86.1. The van der Waals surface area contributed by atoms with Crippen molar-refractivity contribution in [1.82, 2.24) is 0 Å². The van der Waals surface area contributed by atoms with Crippen LogP contribution in [0.25, 0.3) is 165 Å². The number of fused-ring (bicyclic) bond motifs is 8. The van der Waals surface area contributed by atoms with Crippen molar-refractivity contribution in [3.63, 3.8) is 0 Å². The zero-order valence-electron chi connectivity index (χ0n) is 78.2. The van der Waals surface area contributed by atoms with Gasteiger partial charge in [0.1, 0.15) is 0 Å². The minimum Gasteiger partial charge on any atom is -0.310 e. The molecule has 4 heteroatoms. The fourth-order valence-electron chi connectivity index (χ4n) is 20.6. The maximum Gasteiger partial charge on any atom is 0.0540 e. The Balaban J connectivity index is 0.000000154. The van der Waals surface area contributed by atoms with Crippen LogP contribution in [0.4, 0.5) is 68.2 Å². The summed E-state index contributed by atoms with van der Waals surface area (Å²) in [6, 6.07) is 212. The summed E-state index contributed by atoms with van der Waals surface area (Å²) in [6.45, 7) is 0. The average molecular weight is 1810 g/mol. The van der Waals surface area contributed by atoms with Crippen LogP contribution in [0.5, 0.6) is 0 Å². The second-order valence-corrected chi connectivity index (χ2v) is 36.2. The number of rotatable bonds is 21. The zero-order chi connectivity index (χ0) is 94.4. The van der Waals surface area contributed by atoms with Gasteiger partial charge in [0.15, 0.2) is 0 Å². The van der Waals surface area contributed by atoms with Gasteiger partial charge in [-0.2, -0.15) is 0 Å². The van der Waals surface area contributed by atoms with Gasteiger partial charge in [-0.05, 0) is 299 Å². The van der Waals surface area contributed by atoms with E-state index in [-0.39, 0.29) is 0 Å². The summed E-state index contributed by atoms with van der Waals surface area (Å²) >= 11 is 0. The predicted molar refractivity (Wildman–Crippen MR) is 606 cm³/mol. The average Bonchev–Trinajstić information content (AvgIpc) is 0.749. The quantitative estimate of drug-likeness (QED) is 0.0665. The van der Waals surface area contributed by atoms with Crippen molar-refractivity contribution in [2.45, 2.75) is 0 Å². The van der Waals surface area contributed by atoms with Gasteiger partial charge in [-0.25, -0.2) is 0 Å². The molecule has 4 nitrogen and oxygen atoms in total. The lowest BCUT2D eigenvalue weighted by atomic mass is 9.92. The van der Waals surface area contributed by atoms with Gasteiger partial charge in [-0.3, -0.25) is 0 Å². The maximum absolute atomic E-state index is 2.45. The molecule has 0 radical (unpaired) electrons. The number of hydrogen-bond donors (Lipinski definition) is 0. The molecular formula is C138H96N4. The lowest BCUT2D eigenvalue weighted by Crippen LogP contribution is -2.14. The van der Waals surface area contributed by atoms with Crippen LogP contribution < -0.4 is 19.6 Å². The minimum atomic E-state index is 1.03. The minimum absolute atomic E-state index is 1.03. The summed E-state index contributed by atoms with van der Waals surface area (Å²) in [5, 5.41) is 14.6. The van der Waals surface area contributed by atoms with E-state index in [1.54, 1.807) is 0 Å². The third kappa shape index (κ3) is 17.4. The van der Waals surface area contributed by atoms with E-state index in [1.807, 2.05) is 0 Å². The van der Waals surface area contributed by atoms with Gasteiger partial charge >= 0.3 is 0 Å². The Morgan fingerprint density at radius 3 is 0.613 bits per heavy atom. The Bertz CT molecular complexity index is 8630. The van der Waals surface area contributed by atoms with E-state index in [0.29, 0.717) is 0 Å². The highest BCUT2D eigenvalue weighted by Crippen LogP contribution is 2.51. The fourth-order valence-corrected chi connectivity index (χ4v) is 20.6. The van der Waals surface area contributed by atoms with Gasteiger partial charge in [0, 0.05) is 67.9 Å². The SMILES string of the molecule is c1ccc(-c2ccc(N(c3ccc(-c4ccccc4)cc3)c3cc(-c4cc5ccccc5c5ccccc45)cc(N(c4ccc(-c5ccccc5)cc4)c4ccc(-c5cccc6ccccc56)cc4)c3)cc2)cc1.c1ccc(-c2ccc(N(c3ccc(-c4ccccc4)cc3)c3cc(-c4cc5ccccc5c5ccccc45)cc(N(c4ccc(-c5ccccc5)cc4)c4cccc5ccccc45)c3)cc2)cc1. The van der Waals surface area contributed by atoms with Crippen molar-refractivity contribution in [2.75, 3.05) is 19.6 Å². The molecule has 0 aliphatic heterocycles. The highest BCUT2D eigenvalue weighted by molar-refractivity contribution is 6.16. The highest BCUT2D eigenvalue weighted by Gasteiger charge is 2.27. The van der Waals surface area contributed by atoms with Crippen LogP contribution >= 0.6 is 0 Å². The number of hydrogen-bond acceptors (Lipinski definition) is 4. The summed E-state index contributed by atoms with van der Waals surface area (Å²) in [7, 11) is 0. The molecule has 0 aromatic heterocycles. The summed E-state index contributed by atoms with van der Waals surface area (Å²) in [4.78, 5) is 9.70. The normalized spacial score (nSPS) is 11.2. The molecule has 0 bridgehead atoms. The number of benzene rings is 25. The molecule has 25 aromatic rings.